The van der Waals surface area contributed by atoms with Crippen LogP contribution in [-0.4, -0.2) is 12.0 Å². The van der Waals surface area contributed by atoms with Gasteiger partial charge in [-0.1, -0.05) is 15.9 Å². The van der Waals surface area contributed by atoms with Crippen LogP contribution in [0.5, 0.6) is 5.75 Å². The van der Waals surface area contributed by atoms with Crippen molar-refractivity contribution >= 4 is 37.9 Å². The Kier molecular flexibility index (Phi) is 4.28. The summed E-state index contributed by atoms with van der Waals surface area (Å²) < 4.78 is 6.68. The Bertz CT molecular complexity index is 418. The Labute approximate surface area is 103 Å². The van der Waals surface area contributed by atoms with E-state index in [2.05, 4.69) is 31.9 Å². The van der Waals surface area contributed by atoms with Crippen molar-refractivity contribution in [2.24, 2.45) is 0 Å². The molecule has 1 aromatic rings. The molecule has 1 rings (SSSR count). The SMILES string of the molecule is COc1c(Br)cc(Br)cc1/C=C/[N+](=O)[O-]. The summed E-state index contributed by atoms with van der Waals surface area (Å²) in [7, 11) is 1.51. The minimum atomic E-state index is -0.520. The maximum atomic E-state index is 10.2. The van der Waals surface area contributed by atoms with Gasteiger partial charge in [0.2, 0.25) is 6.20 Å². The first-order chi connectivity index (χ1) is 7.04. The van der Waals surface area contributed by atoms with Gasteiger partial charge in [0.25, 0.3) is 0 Å². The van der Waals surface area contributed by atoms with Gasteiger partial charge in [0.15, 0.2) is 0 Å². The minimum Gasteiger partial charge on any atom is -0.495 e. The summed E-state index contributed by atoms with van der Waals surface area (Å²) in [5, 5.41) is 10.2. The highest BCUT2D eigenvalue weighted by Gasteiger charge is 2.07. The van der Waals surface area contributed by atoms with Gasteiger partial charge in [-0.25, -0.2) is 0 Å². The molecule has 0 fully saturated rings. The summed E-state index contributed by atoms with van der Waals surface area (Å²) in [6.07, 6.45) is 2.26. The number of rotatable bonds is 3. The van der Waals surface area contributed by atoms with Crippen molar-refractivity contribution in [1.82, 2.24) is 0 Å². The molecular weight excluding hydrogens is 330 g/mol. The monoisotopic (exact) mass is 335 g/mol. The normalized spacial score (nSPS) is 10.6. The van der Waals surface area contributed by atoms with Crippen LogP contribution >= 0.6 is 31.9 Å². The molecule has 0 unspecified atom stereocenters. The van der Waals surface area contributed by atoms with E-state index in [1.807, 2.05) is 6.07 Å². The second kappa shape index (κ2) is 5.27. The van der Waals surface area contributed by atoms with Crippen LogP contribution in [-0.2, 0) is 0 Å². The zero-order valence-corrected chi connectivity index (χ0v) is 10.9. The Morgan fingerprint density at radius 1 is 1.47 bits per heavy atom. The molecule has 0 spiro atoms. The van der Waals surface area contributed by atoms with Gasteiger partial charge >= 0.3 is 0 Å². The smallest absolute Gasteiger partial charge is 0.235 e. The van der Waals surface area contributed by atoms with Gasteiger partial charge in [0.1, 0.15) is 5.75 Å². The third kappa shape index (κ3) is 3.32. The molecule has 0 amide bonds. The van der Waals surface area contributed by atoms with E-state index in [1.165, 1.54) is 13.2 Å². The lowest BCUT2D eigenvalue weighted by molar-refractivity contribution is -0.400. The van der Waals surface area contributed by atoms with Crippen LogP contribution in [0.25, 0.3) is 6.08 Å². The molecule has 0 saturated carbocycles. The van der Waals surface area contributed by atoms with Crippen LogP contribution in [0.15, 0.2) is 27.3 Å². The maximum Gasteiger partial charge on any atom is 0.235 e. The number of hydrogen-bond donors (Lipinski definition) is 0. The fourth-order valence-electron chi connectivity index (χ4n) is 1.06. The van der Waals surface area contributed by atoms with E-state index in [0.717, 1.165) is 15.1 Å². The van der Waals surface area contributed by atoms with Crippen molar-refractivity contribution in [3.63, 3.8) is 0 Å². The molecule has 0 aliphatic heterocycles. The Morgan fingerprint density at radius 2 is 2.13 bits per heavy atom. The van der Waals surface area contributed by atoms with Gasteiger partial charge in [-0.15, -0.1) is 0 Å². The fourth-order valence-corrected chi connectivity index (χ4v) is 2.48. The summed E-state index contributed by atoms with van der Waals surface area (Å²) in [4.78, 5) is 9.68. The van der Waals surface area contributed by atoms with E-state index in [0.29, 0.717) is 11.3 Å². The first-order valence-corrected chi connectivity index (χ1v) is 5.48. The number of methoxy groups -OCH3 is 1. The topological polar surface area (TPSA) is 52.4 Å². The molecule has 15 heavy (non-hydrogen) atoms. The predicted octanol–water partition coefficient (Wildman–Crippen LogP) is 3.47. The van der Waals surface area contributed by atoms with E-state index in [4.69, 9.17) is 4.74 Å². The number of halogens is 2. The number of hydrogen-bond acceptors (Lipinski definition) is 3. The van der Waals surface area contributed by atoms with Crippen molar-refractivity contribution in [2.75, 3.05) is 7.11 Å². The third-order valence-electron chi connectivity index (χ3n) is 1.62. The molecule has 6 heteroatoms. The van der Waals surface area contributed by atoms with Gasteiger partial charge < -0.3 is 4.74 Å². The molecule has 0 saturated heterocycles. The van der Waals surface area contributed by atoms with Gasteiger partial charge in [0.05, 0.1) is 16.5 Å². The second-order valence-electron chi connectivity index (χ2n) is 2.61. The Hall–Kier alpha value is -0.880. The quantitative estimate of drug-likeness (QED) is 0.627. The van der Waals surface area contributed by atoms with Gasteiger partial charge in [-0.05, 0) is 28.1 Å². The lowest BCUT2D eigenvalue weighted by Crippen LogP contribution is -1.90. The molecule has 0 atom stereocenters. The van der Waals surface area contributed by atoms with Crippen LogP contribution < -0.4 is 4.74 Å². The van der Waals surface area contributed by atoms with Crippen molar-refractivity contribution in [3.8, 4) is 5.75 Å². The number of benzene rings is 1. The molecule has 0 aromatic heterocycles. The lowest BCUT2D eigenvalue weighted by atomic mass is 10.2. The van der Waals surface area contributed by atoms with Crippen LogP contribution in [0, 0.1) is 10.1 Å². The van der Waals surface area contributed by atoms with Crippen LogP contribution in [0.1, 0.15) is 5.56 Å². The highest BCUT2D eigenvalue weighted by molar-refractivity contribution is 9.11. The van der Waals surface area contributed by atoms with Crippen molar-refractivity contribution in [3.05, 3.63) is 43.0 Å². The molecule has 4 nitrogen and oxygen atoms in total. The van der Waals surface area contributed by atoms with E-state index in [9.17, 15) is 10.1 Å². The van der Waals surface area contributed by atoms with Gasteiger partial charge in [-0.3, -0.25) is 10.1 Å². The molecule has 0 aliphatic carbocycles. The first-order valence-electron chi connectivity index (χ1n) is 3.89. The van der Waals surface area contributed by atoms with Crippen molar-refractivity contribution in [2.45, 2.75) is 0 Å². The average molecular weight is 337 g/mol. The summed E-state index contributed by atoms with van der Waals surface area (Å²) in [5.41, 5.74) is 0.635. The van der Waals surface area contributed by atoms with Crippen LogP contribution in [0.2, 0.25) is 0 Å². The zero-order valence-electron chi connectivity index (χ0n) is 7.74. The number of nitrogens with zero attached hydrogens (tertiary/aromatic N) is 1. The average Bonchev–Trinajstić information content (AvgIpc) is 2.13. The standard InChI is InChI=1S/C9H7Br2NO3/c1-15-9-6(2-3-12(13)14)4-7(10)5-8(9)11/h2-5H,1H3/b3-2+. The van der Waals surface area contributed by atoms with Crippen LogP contribution in [0.3, 0.4) is 0 Å². The predicted molar refractivity (Wildman–Crippen MR) is 64.4 cm³/mol. The summed E-state index contributed by atoms with van der Waals surface area (Å²) in [5.74, 6) is 0.566. The molecule has 1 aromatic carbocycles. The molecule has 0 N–H and O–H groups in total. The summed E-state index contributed by atoms with van der Waals surface area (Å²) >= 11 is 6.60. The van der Waals surface area contributed by atoms with Crippen molar-refractivity contribution < 1.29 is 9.66 Å². The van der Waals surface area contributed by atoms with Crippen molar-refractivity contribution in [1.29, 1.82) is 0 Å². The Morgan fingerprint density at radius 3 is 2.67 bits per heavy atom. The molecular formula is C9H7Br2NO3. The van der Waals surface area contributed by atoms with Gasteiger partial charge in [-0.2, -0.15) is 0 Å². The first kappa shape index (κ1) is 12.2. The third-order valence-corrected chi connectivity index (χ3v) is 2.66. The zero-order chi connectivity index (χ0) is 11.4. The van der Waals surface area contributed by atoms with E-state index >= 15 is 0 Å². The second-order valence-corrected chi connectivity index (χ2v) is 4.38. The highest BCUT2D eigenvalue weighted by atomic mass is 79.9. The fraction of sp³-hybridized carbons (Fsp3) is 0.111. The van der Waals surface area contributed by atoms with Gasteiger partial charge in [0, 0.05) is 16.1 Å². The number of nitro groups is 1. The van der Waals surface area contributed by atoms with E-state index in [1.54, 1.807) is 6.07 Å². The largest absolute Gasteiger partial charge is 0.495 e. The Balaban J connectivity index is 3.20. The highest BCUT2D eigenvalue weighted by Crippen LogP contribution is 2.33. The summed E-state index contributed by atoms with van der Waals surface area (Å²) in [6.45, 7) is 0. The summed E-state index contributed by atoms with van der Waals surface area (Å²) in [6, 6.07) is 3.55. The molecule has 80 valence electrons. The molecule has 0 aliphatic rings. The molecule has 0 radical (unpaired) electrons. The molecule has 0 heterocycles. The molecule has 0 bridgehead atoms. The van der Waals surface area contributed by atoms with E-state index in [-0.39, 0.29) is 0 Å². The number of ether oxygens (including phenoxy) is 1. The lowest BCUT2D eigenvalue weighted by Gasteiger charge is -2.07. The van der Waals surface area contributed by atoms with E-state index < -0.39 is 4.92 Å². The van der Waals surface area contributed by atoms with Crippen LogP contribution in [0.4, 0.5) is 0 Å². The minimum absolute atomic E-state index is 0.520. The maximum absolute atomic E-state index is 10.2.